The van der Waals surface area contributed by atoms with Gasteiger partial charge in [0.05, 0.1) is 5.56 Å². The Labute approximate surface area is 134 Å². The van der Waals surface area contributed by atoms with E-state index < -0.39 is 23.2 Å². The molecule has 24 heavy (non-hydrogen) atoms. The van der Waals surface area contributed by atoms with Crippen LogP contribution in [0.3, 0.4) is 0 Å². The molecule has 0 saturated heterocycles. The number of carbonyl (C=O) groups is 1. The van der Waals surface area contributed by atoms with Crippen molar-refractivity contribution in [1.82, 2.24) is 15.3 Å². The molecule has 1 amide bonds. The molecule has 1 fully saturated rings. The first kappa shape index (κ1) is 16.2. The highest BCUT2D eigenvalue weighted by molar-refractivity contribution is 5.93. The number of rotatable bonds is 4. The lowest BCUT2D eigenvalue weighted by Crippen LogP contribution is -2.30. The topological polar surface area (TPSA) is 74.8 Å². The molecule has 0 atom stereocenters. The quantitative estimate of drug-likeness (QED) is 0.900. The molecule has 1 aliphatic carbocycles. The minimum absolute atomic E-state index is 0.0147. The van der Waals surface area contributed by atoms with E-state index >= 15 is 0 Å². The zero-order chi connectivity index (χ0) is 17.3. The first-order chi connectivity index (χ1) is 11.3. The number of amides is 1. The molecule has 1 aromatic heterocycles. The van der Waals surface area contributed by atoms with Crippen LogP contribution in [0.1, 0.15) is 46.1 Å². The van der Waals surface area contributed by atoms with Crippen LogP contribution in [0.15, 0.2) is 35.3 Å². The second kappa shape index (κ2) is 6.10. The standard InChI is InChI=1S/C16H14F3N3O2/c17-16(18,19)11-5-1-9(2-6-11)7-21-14(23)12-8-20-13(10-3-4-10)22-15(12)24/h1-2,5-6,8,10H,3-4,7H2,(H,21,23)(H,20,22,24). The van der Waals surface area contributed by atoms with Crippen LogP contribution in [0.25, 0.3) is 0 Å². The third-order valence-corrected chi connectivity index (χ3v) is 3.76. The van der Waals surface area contributed by atoms with Crippen molar-refractivity contribution in [3.8, 4) is 0 Å². The summed E-state index contributed by atoms with van der Waals surface area (Å²) in [6, 6.07) is 4.45. The average molecular weight is 337 g/mol. The molecular formula is C16H14F3N3O2. The molecule has 0 aliphatic heterocycles. The summed E-state index contributed by atoms with van der Waals surface area (Å²) in [6.07, 6.45) is -1.22. The van der Waals surface area contributed by atoms with Crippen LogP contribution >= 0.6 is 0 Å². The van der Waals surface area contributed by atoms with Gasteiger partial charge in [-0.25, -0.2) is 4.98 Å². The second-order valence-corrected chi connectivity index (χ2v) is 5.66. The summed E-state index contributed by atoms with van der Waals surface area (Å²) in [7, 11) is 0. The molecule has 2 N–H and O–H groups in total. The monoisotopic (exact) mass is 337 g/mol. The van der Waals surface area contributed by atoms with Crippen LogP contribution in [0.2, 0.25) is 0 Å². The number of hydrogen-bond acceptors (Lipinski definition) is 3. The van der Waals surface area contributed by atoms with Crippen LogP contribution < -0.4 is 10.9 Å². The molecule has 1 saturated carbocycles. The summed E-state index contributed by atoms with van der Waals surface area (Å²) in [6.45, 7) is 0.0147. The fourth-order valence-corrected chi connectivity index (χ4v) is 2.22. The predicted octanol–water partition coefficient (Wildman–Crippen LogP) is 2.60. The Balaban J connectivity index is 1.64. The van der Waals surface area contributed by atoms with Gasteiger partial charge in [0.1, 0.15) is 11.4 Å². The lowest BCUT2D eigenvalue weighted by molar-refractivity contribution is -0.137. The second-order valence-electron chi connectivity index (χ2n) is 5.66. The van der Waals surface area contributed by atoms with Gasteiger partial charge in [-0.2, -0.15) is 13.2 Å². The highest BCUT2D eigenvalue weighted by Gasteiger charge is 2.30. The minimum Gasteiger partial charge on any atom is -0.348 e. The summed E-state index contributed by atoms with van der Waals surface area (Å²) in [4.78, 5) is 30.6. The van der Waals surface area contributed by atoms with E-state index in [9.17, 15) is 22.8 Å². The summed E-state index contributed by atoms with van der Waals surface area (Å²) >= 11 is 0. The molecule has 2 aromatic rings. The van der Waals surface area contributed by atoms with Crippen molar-refractivity contribution in [3.63, 3.8) is 0 Å². The van der Waals surface area contributed by atoms with Crippen LogP contribution in [0.4, 0.5) is 13.2 Å². The first-order valence-electron chi connectivity index (χ1n) is 7.38. The zero-order valence-corrected chi connectivity index (χ0v) is 12.5. The number of aromatic nitrogens is 2. The third kappa shape index (κ3) is 3.64. The van der Waals surface area contributed by atoms with Crippen molar-refractivity contribution in [2.45, 2.75) is 31.5 Å². The highest BCUT2D eigenvalue weighted by atomic mass is 19.4. The normalized spacial score (nSPS) is 14.5. The Hall–Kier alpha value is -2.64. The molecule has 0 spiro atoms. The van der Waals surface area contributed by atoms with Crippen molar-refractivity contribution < 1.29 is 18.0 Å². The van der Waals surface area contributed by atoms with E-state index in [-0.39, 0.29) is 18.0 Å². The fourth-order valence-electron chi connectivity index (χ4n) is 2.22. The maximum Gasteiger partial charge on any atom is 0.416 e. The highest BCUT2D eigenvalue weighted by Crippen LogP contribution is 2.37. The van der Waals surface area contributed by atoms with E-state index in [1.807, 2.05) is 0 Å². The van der Waals surface area contributed by atoms with Gasteiger partial charge in [-0.1, -0.05) is 12.1 Å². The number of nitrogens with zero attached hydrogens (tertiary/aromatic N) is 1. The van der Waals surface area contributed by atoms with Crippen molar-refractivity contribution in [3.05, 3.63) is 63.3 Å². The maximum atomic E-state index is 12.5. The van der Waals surface area contributed by atoms with Gasteiger partial charge in [0.2, 0.25) is 0 Å². The Kier molecular flexibility index (Phi) is 4.13. The van der Waals surface area contributed by atoms with Gasteiger partial charge >= 0.3 is 6.18 Å². The molecular weight excluding hydrogens is 323 g/mol. The Morgan fingerprint density at radius 3 is 2.46 bits per heavy atom. The van der Waals surface area contributed by atoms with Crippen molar-refractivity contribution >= 4 is 5.91 Å². The minimum atomic E-state index is -4.40. The van der Waals surface area contributed by atoms with Gasteiger partial charge in [0, 0.05) is 18.7 Å². The number of carbonyl (C=O) groups excluding carboxylic acids is 1. The molecule has 0 bridgehead atoms. The Bertz CT molecular complexity index is 809. The van der Waals surface area contributed by atoms with Crippen molar-refractivity contribution in [2.75, 3.05) is 0 Å². The van der Waals surface area contributed by atoms with E-state index in [1.54, 1.807) is 0 Å². The van der Waals surface area contributed by atoms with Gasteiger partial charge in [-0.15, -0.1) is 0 Å². The SMILES string of the molecule is O=C(NCc1ccc(C(F)(F)F)cc1)c1cnc(C2CC2)[nH]c1=O. The first-order valence-corrected chi connectivity index (χ1v) is 7.38. The van der Waals surface area contributed by atoms with Crippen LogP contribution in [-0.2, 0) is 12.7 Å². The molecule has 3 rings (SSSR count). The van der Waals surface area contributed by atoms with E-state index in [0.29, 0.717) is 11.4 Å². The number of halogens is 3. The number of benzene rings is 1. The largest absolute Gasteiger partial charge is 0.416 e. The number of aromatic amines is 1. The molecule has 1 aromatic carbocycles. The van der Waals surface area contributed by atoms with E-state index in [4.69, 9.17) is 0 Å². The Morgan fingerprint density at radius 2 is 1.92 bits per heavy atom. The molecule has 1 aliphatic rings. The van der Waals surface area contributed by atoms with Gasteiger partial charge in [0.25, 0.3) is 11.5 Å². The average Bonchev–Trinajstić information content (AvgIpc) is 3.37. The van der Waals surface area contributed by atoms with E-state index in [2.05, 4.69) is 15.3 Å². The number of alkyl halides is 3. The van der Waals surface area contributed by atoms with Crippen LogP contribution in [-0.4, -0.2) is 15.9 Å². The number of nitrogens with one attached hydrogen (secondary N) is 2. The predicted molar refractivity (Wildman–Crippen MR) is 79.4 cm³/mol. The third-order valence-electron chi connectivity index (χ3n) is 3.76. The van der Waals surface area contributed by atoms with Crippen LogP contribution in [0, 0.1) is 0 Å². The number of hydrogen-bond donors (Lipinski definition) is 2. The van der Waals surface area contributed by atoms with E-state index in [0.717, 1.165) is 25.0 Å². The Morgan fingerprint density at radius 1 is 1.25 bits per heavy atom. The van der Waals surface area contributed by atoms with Gasteiger partial charge < -0.3 is 10.3 Å². The molecule has 8 heteroatoms. The maximum absolute atomic E-state index is 12.5. The van der Waals surface area contributed by atoms with Crippen LogP contribution in [0.5, 0.6) is 0 Å². The zero-order valence-electron chi connectivity index (χ0n) is 12.5. The summed E-state index contributed by atoms with van der Waals surface area (Å²) in [5.41, 5.74) is -0.896. The smallest absolute Gasteiger partial charge is 0.348 e. The molecule has 0 radical (unpaired) electrons. The van der Waals surface area contributed by atoms with Gasteiger partial charge in [0.15, 0.2) is 0 Å². The summed E-state index contributed by atoms with van der Waals surface area (Å²) < 4.78 is 37.4. The molecule has 1 heterocycles. The van der Waals surface area contributed by atoms with Crippen molar-refractivity contribution in [1.29, 1.82) is 0 Å². The summed E-state index contributed by atoms with van der Waals surface area (Å²) in [5, 5.41) is 2.50. The lowest BCUT2D eigenvalue weighted by atomic mass is 10.1. The molecule has 5 nitrogen and oxygen atoms in total. The van der Waals surface area contributed by atoms with Gasteiger partial charge in [-0.3, -0.25) is 9.59 Å². The molecule has 0 unspecified atom stereocenters. The lowest BCUT2D eigenvalue weighted by Gasteiger charge is -2.08. The number of H-pyrrole nitrogens is 1. The van der Waals surface area contributed by atoms with Crippen molar-refractivity contribution in [2.24, 2.45) is 0 Å². The van der Waals surface area contributed by atoms with Gasteiger partial charge in [-0.05, 0) is 30.5 Å². The summed E-state index contributed by atoms with van der Waals surface area (Å²) in [5.74, 6) is 0.229. The fraction of sp³-hybridized carbons (Fsp3) is 0.312. The molecule has 126 valence electrons. The van der Waals surface area contributed by atoms with E-state index in [1.165, 1.54) is 18.3 Å².